The van der Waals surface area contributed by atoms with Crippen molar-refractivity contribution < 1.29 is 19.1 Å². The van der Waals surface area contributed by atoms with E-state index in [-0.39, 0.29) is 18.6 Å². The van der Waals surface area contributed by atoms with Gasteiger partial charge in [-0.1, -0.05) is 36.8 Å². The molecule has 0 radical (unpaired) electrons. The molecule has 1 atom stereocenters. The van der Waals surface area contributed by atoms with E-state index in [4.69, 9.17) is 9.47 Å². The van der Waals surface area contributed by atoms with Gasteiger partial charge in [0.2, 0.25) is 0 Å². The molecule has 0 unspecified atom stereocenters. The van der Waals surface area contributed by atoms with E-state index < -0.39 is 5.97 Å². The number of methoxy groups -OCH3 is 1. The number of aryl methyl sites for hydroxylation is 1. The van der Waals surface area contributed by atoms with Crippen molar-refractivity contribution in [2.45, 2.75) is 26.3 Å². The number of amides is 1. The van der Waals surface area contributed by atoms with Crippen LogP contribution in [0.25, 0.3) is 0 Å². The van der Waals surface area contributed by atoms with Gasteiger partial charge in [0.1, 0.15) is 5.75 Å². The Labute approximate surface area is 161 Å². The fraction of sp³-hybridized carbons (Fsp3) is 0.300. The average molecular weight is 420 g/mol. The Kier molecular flexibility index (Phi) is 7.21. The second kappa shape index (κ2) is 9.38. The second-order valence-corrected chi connectivity index (χ2v) is 6.72. The first kappa shape index (κ1) is 20.0. The standard InChI is InChI=1S/C20H22BrNO4/c1-4-17(14-7-5-13(2)6-8-14)22-19(23)12-26-20(24)15-9-10-18(25-3)16(21)11-15/h5-11,17H,4,12H2,1-3H3,(H,22,23)/t17-/m1/s1. The first-order valence-corrected chi connectivity index (χ1v) is 9.10. The summed E-state index contributed by atoms with van der Waals surface area (Å²) in [5, 5.41) is 2.89. The number of benzene rings is 2. The van der Waals surface area contributed by atoms with Gasteiger partial charge in [0.15, 0.2) is 6.61 Å². The number of carbonyl (C=O) groups is 2. The molecule has 0 saturated heterocycles. The molecular weight excluding hydrogens is 398 g/mol. The maximum Gasteiger partial charge on any atom is 0.338 e. The highest BCUT2D eigenvalue weighted by Crippen LogP contribution is 2.25. The van der Waals surface area contributed by atoms with Gasteiger partial charge in [0.25, 0.3) is 5.91 Å². The van der Waals surface area contributed by atoms with Gasteiger partial charge in [-0.25, -0.2) is 4.79 Å². The lowest BCUT2D eigenvalue weighted by Crippen LogP contribution is -2.32. The zero-order chi connectivity index (χ0) is 19.1. The molecule has 0 saturated carbocycles. The van der Waals surface area contributed by atoms with Gasteiger partial charge in [0.05, 0.1) is 23.2 Å². The van der Waals surface area contributed by atoms with Crippen molar-refractivity contribution in [2.75, 3.05) is 13.7 Å². The third-order valence-electron chi connectivity index (χ3n) is 3.95. The van der Waals surface area contributed by atoms with Crippen molar-refractivity contribution in [2.24, 2.45) is 0 Å². The Balaban J connectivity index is 1.91. The van der Waals surface area contributed by atoms with Gasteiger partial charge in [-0.15, -0.1) is 0 Å². The van der Waals surface area contributed by atoms with E-state index in [1.54, 1.807) is 25.3 Å². The molecule has 1 amide bonds. The first-order chi connectivity index (χ1) is 12.4. The lowest BCUT2D eigenvalue weighted by atomic mass is 10.0. The summed E-state index contributed by atoms with van der Waals surface area (Å²) < 4.78 is 10.9. The zero-order valence-electron chi connectivity index (χ0n) is 15.0. The predicted octanol–water partition coefficient (Wildman–Crippen LogP) is 4.19. The number of hydrogen-bond acceptors (Lipinski definition) is 4. The van der Waals surface area contributed by atoms with Gasteiger partial charge >= 0.3 is 5.97 Å². The fourth-order valence-corrected chi connectivity index (χ4v) is 3.00. The highest BCUT2D eigenvalue weighted by molar-refractivity contribution is 9.10. The molecule has 0 aromatic heterocycles. The fourth-order valence-electron chi connectivity index (χ4n) is 2.46. The van der Waals surface area contributed by atoms with Crippen LogP contribution in [0.3, 0.4) is 0 Å². The predicted molar refractivity (Wildman–Crippen MR) is 103 cm³/mol. The topological polar surface area (TPSA) is 64.6 Å². The van der Waals surface area contributed by atoms with Gasteiger partial charge in [-0.05, 0) is 53.0 Å². The zero-order valence-corrected chi connectivity index (χ0v) is 16.6. The molecule has 0 spiro atoms. The molecule has 2 aromatic carbocycles. The van der Waals surface area contributed by atoms with Crippen molar-refractivity contribution in [3.63, 3.8) is 0 Å². The molecule has 0 aliphatic rings. The molecule has 26 heavy (non-hydrogen) atoms. The number of halogens is 1. The molecule has 0 aliphatic carbocycles. The monoisotopic (exact) mass is 419 g/mol. The lowest BCUT2D eigenvalue weighted by molar-refractivity contribution is -0.125. The van der Waals surface area contributed by atoms with Crippen molar-refractivity contribution in [3.8, 4) is 5.75 Å². The normalized spacial score (nSPS) is 11.5. The van der Waals surface area contributed by atoms with Gasteiger partial charge < -0.3 is 14.8 Å². The Morgan fingerprint density at radius 1 is 1.15 bits per heavy atom. The molecule has 0 fully saturated rings. The molecule has 1 N–H and O–H groups in total. The van der Waals surface area contributed by atoms with Crippen molar-refractivity contribution in [1.82, 2.24) is 5.32 Å². The summed E-state index contributed by atoms with van der Waals surface area (Å²) in [5.41, 5.74) is 2.53. The lowest BCUT2D eigenvalue weighted by Gasteiger charge is -2.17. The maximum atomic E-state index is 12.1. The quantitative estimate of drug-likeness (QED) is 0.683. The minimum Gasteiger partial charge on any atom is -0.496 e. The van der Waals surface area contributed by atoms with E-state index >= 15 is 0 Å². The number of esters is 1. The van der Waals surface area contributed by atoms with Crippen LogP contribution < -0.4 is 10.1 Å². The summed E-state index contributed by atoms with van der Waals surface area (Å²) in [6, 6.07) is 12.7. The third kappa shape index (κ3) is 5.33. The summed E-state index contributed by atoms with van der Waals surface area (Å²) in [6.45, 7) is 3.68. The summed E-state index contributed by atoms with van der Waals surface area (Å²) in [5.74, 6) is -0.284. The van der Waals surface area contributed by atoms with Gasteiger partial charge in [-0.2, -0.15) is 0 Å². The average Bonchev–Trinajstić information content (AvgIpc) is 2.64. The largest absolute Gasteiger partial charge is 0.496 e. The van der Waals surface area contributed by atoms with E-state index in [0.29, 0.717) is 15.8 Å². The Bertz CT molecular complexity index is 774. The summed E-state index contributed by atoms with van der Waals surface area (Å²) in [4.78, 5) is 24.2. The van der Waals surface area contributed by atoms with Crippen LogP contribution in [0.4, 0.5) is 0 Å². The smallest absolute Gasteiger partial charge is 0.338 e. The number of rotatable bonds is 7. The van der Waals surface area contributed by atoms with Crippen LogP contribution in [-0.4, -0.2) is 25.6 Å². The molecule has 6 heteroatoms. The SMILES string of the molecule is CC[C@@H](NC(=O)COC(=O)c1ccc(OC)c(Br)c1)c1ccc(C)cc1. The molecule has 2 aromatic rings. The summed E-state index contributed by atoms with van der Waals surface area (Å²) in [7, 11) is 1.54. The van der Waals surface area contributed by atoms with E-state index in [1.165, 1.54) is 0 Å². The number of carbonyl (C=O) groups excluding carboxylic acids is 2. The third-order valence-corrected chi connectivity index (χ3v) is 4.56. The number of nitrogens with one attached hydrogen (secondary N) is 1. The van der Waals surface area contributed by atoms with E-state index in [2.05, 4.69) is 21.2 Å². The van der Waals surface area contributed by atoms with Crippen LogP contribution in [0, 0.1) is 6.92 Å². The van der Waals surface area contributed by atoms with E-state index in [0.717, 1.165) is 17.5 Å². The summed E-state index contributed by atoms with van der Waals surface area (Å²) in [6.07, 6.45) is 0.744. The first-order valence-electron chi connectivity index (χ1n) is 8.31. The van der Waals surface area contributed by atoms with Crippen molar-refractivity contribution in [1.29, 1.82) is 0 Å². The molecule has 5 nitrogen and oxygen atoms in total. The molecule has 0 bridgehead atoms. The van der Waals surface area contributed by atoms with Crippen LogP contribution in [0.1, 0.15) is 40.9 Å². The van der Waals surface area contributed by atoms with Crippen LogP contribution in [0.15, 0.2) is 46.9 Å². The van der Waals surface area contributed by atoms with E-state index in [1.807, 2.05) is 38.1 Å². The minimum atomic E-state index is -0.563. The minimum absolute atomic E-state index is 0.114. The van der Waals surface area contributed by atoms with Crippen molar-refractivity contribution in [3.05, 3.63) is 63.6 Å². The molecule has 0 heterocycles. The highest BCUT2D eigenvalue weighted by Gasteiger charge is 2.16. The maximum absolute atomic E-state index is 12.1. The van der Waals surface area contributed by atoms with Crippen LogP contribution in [0.5, 0.6) is 5.75 Å². The van der Waals surface area contributed by atoms with Crippen LogP contribution >= 0.6 is 15.9 Å². The second-order valence-electron chi connectivity index (χ2n) is 5.86. The van der Waals surface area contributed by atoms with Gasteiger partial charge in [-0.3, -0.25) is 4.79 Å². The molecular formula is C20H22BrNO4. The molecule has 0 aliphatic heterocycles. The molecule has 138 valence electrons. The van der Waals surface area contributed by atoms with Crippen molar-refractivity contribution >= 4 is 27.8 Å². The van der Waals surface area contributed by atoms with Crippen LogP contribution in [0.2, 0.25) is 0 Å². The Morgan fingerprint density at radius 2 is 1.85 bits per heavy atom. The Morgan fingerprint density at radius 3 is 2.42 bits per heavy atom. The van der Waals surface area contributed by atoms with Gasteiger partial charge in [0, 0.05) is 0 Å². The highest BCUT2D eigenvalue weighted by atomic mass is 79.9. The molecule has 2 rings (SSSR count). The van der Waals surface area contributed by atoms with E-state index in [9.17, 15) is 9.59 Å². The number of ether oxygens (including phenoxy) is 2. The number of hydrogen-bond donors (Lipinski definition) is 1. The van der Waals surface area contributed by atoms with Crippen LogP contribution in [-0.2, 0) is 9.53 Å². The Hall–Kier alpha value is -2.34. The summed E-state index contributed by atoms with van der Waals surface area (Å²) >= 11 is 3.32.